The standard InChI is InChI=1S/C14H23NO5/c1-5-19-13-8-6-7-12(14(13)20-11(4)18)15(9(2)16)10(3)17/h12-14H,5-8H2,1-4H3/t12-,13-,14+/m0/s1. The zero-order valence-electron chi connectivity index (χ0n) is 12.5. The summed E-state index contributed by atoms with van der Waals surface area (Å²) in [6.45, 7) is 6.37. The fourth-order valence-corrected chi connectivity index (χ4v) is 2.81. The molecule has 0 N–H and O–H groups in total. The van der Waals surface area contributed by atoms with Crippen molar-refractivity contribution in [3.05, 3.63) is 0 Å². The van der Waals surface area contributed by atoms with E-state index in [2.05, 4.69) is 0 Å². The van der Waals surface area contributed by atoms with Gasteiger partial charge < -0.3 is 9.47 Å². The van der Waals surface area contributed by atoms with E-state index in [4.69, 9.17) is 9.47 Å². The summed E-state index contributed by atoms with van der Waals surface area (Å²) in [7, 11) is 0. The second-order valence-electron chi connectivity index (χ2n) is 4.97. The fraction of sp³-hybridized carbons (Fsp3) is 0.786. The van der Waals surface area contributed by atoms with Crippen LogP contribution in [0.2, 0.25) is 0 Å². The van der Waals surface area contributed by atoms with Gasteiger partial charge in [-0.3, -0.25) is 19.3 Å². The van der Waals surface area contributed by atoms with Crippen molar-refractivity contribution in [3.63, 3.8) is 0 Å². The van der Waals surface area contributed by atoms with Gasteiger partial charge in [0, 0.05) is 27.4 Å². The van der Waals surface area contributed by atoms with Crippen LogP contribution in [0, 0.1) is 0 Å². The van der Waals surface area contributed by atoms with Gasteiger partial charge in [-0.05, 0) is 26.2 Å². The molecule has 0 bridgehead atoms. The quantitative estimate of drug-likeness (QED) is 0.727. The molecule has 1 aliphatic carbocycles. The SMILES string of the molecule is CCO[C@H]1CCC[C@H](N(C(C)=O)C(C)=O)[C@H]1OC(C)=O. The third kappa shape index (κ3) is 4.03. The number of esters is 1. The van der Waals surface area contributed by atoms with E-state index >= 15 is 0 Å². The molecule has 0 aliphatic heterocycles. The zero-order valence-corrected chi connectivity index (χ0v) is 12.5. The molecular weight excluding hydrogens is 262 g/mol. The van der Waals surface area contributed by atoms with Gasteiger partial charge in [0.05, 0.1) is 12.1 Å². The third-order valence-electron chi connectivity index (χ3n) is 3.43. The number of imide groups is 1. The van der Waals surface area contributed by atoms with Gasteiger partial charge in [-0.2, -0.15) is 0 Å². The van der Waals surface area contributed by atoms with Gasteiger partial charge in [0.1, 0.15) is 6.10 Å². The van der Waals surface area contributed by atoms with E-state index in [0.717, 1.165) is 12.8 Å². The highest BCUT2D eigenvalue weighted by molar-refractivity contribution is 5.93. The first kappa shape index (κ1) is 16.6. The molecule has 0 aromatic carbocycles. The molecule has 6 heteroatoms. The highest BCUT2D eigenvalue weighted by atomic mass is 16.6. The number of nitrogens with zero attached hydrogens (tertiary/aromatic N) is 1. The molecule has 0 spiro atoms. The highest BCUT2D eigenvalue weighted by Crippen LogP contribution is 2.28. The van der Waals surface area contributed by atoms with Crippen molar-refractivity contribution >= 4 is 17.8 Å². The Kier molecular flexibility index (Phi) is 6.13. The molecule has 0 aromatic rings. The van der Waals surface area contributed by atoms with Crippen molar-refractivity contribution in [2.24, 2.45) is 0 Å². The smallest absolute Gasteiger partial charge is 0.303 e. The number of hydrogen-bond donors (Lipinski definition) is 0. The first-order chi connectivity index (χ1) is 9.38. The normalized spacial score (nSPS) is 25.9. The van der Waals surface area contributed by atoms with Crippen molar-refractivity contribution in [2.75, 3.05) is 6.61 Å². The van der Waals surface area contributed by atoms with Crippen LogP contribution in [0.1, 0.15) is 47.0 Å². The van der Waals surface area contributed by atoms with E-state index in [1.165, 1.54) is 25.7 Å². The molecule has 1 rings (SSSR count). The number of carbonyl (C=O) groups is 3. The monoisotopic (exact) mass is 285 g/mol. The summed E-state index contributed by atoms with van der Waals surface area (Å²) < 4.78 is 10.9. The minimum atomic E-state index is -0.589. The van der Waals surface area contributed by atoms with E-state index in [1.807, 2.05) is 6.92 Å². The molecule has 1 fully saturated rings. The predicted octanol–water partition coefficient (Wildman–Crippen LogP) is 1.27. The van der Waals surface area contributed by atoms with Crippen LogP contribution in [0.4, 0.5) is 0 Å². The maximum Gasteiger partial charge on any atom is 0.303 e. The molecule has 1 saturated carbocycles. The number of hydrogen-bond acceptors (Lipinski definition) is 5. The Morgan fingerprint density at radius 3 is 2.15 bits per heavy atom. The Labute approximate surface area is 119 Å². The Balaban J connectivity index is 3.01. The Morgan fingerprint density at radius 2 is 1.70 bits per heavy atom. The van der Waals surface area contributed by atoms with Crippen LogP contribution in [0.3, 0.4) is 0 Å². The molecule has 0 radical (unpaired) electrons. The second kappa shape index (κ2) is 7.38. The zero-order chi connectivity index (χ0) is 15.3. The maximum atomic E-state index is 11.7. The summed E-state index contributed by atoms with van der Waals surface area (Å²) in [5, 5.41) is 0. The number of rotatable bonds is 4. The van der Waals surface area contributed by atoms with E-state index < -0.39 is 18.1 Å². The van der Waals surface area contributed by atoms with E-state index in [0.29, 0.717) is 13.0 Å². The average Bonchev–Trinajstić information content (AvgIpc) is 2.32. The van der Waals surface area contributed by atoms with Gasteiger partial charge in [0.2, 0.25) is 11.8 Å². The summed E-state index contributed by atoms with van der Waals surface area (Å²) in [5.41, 5.74) is 0. The fourth-order valence-electron chi connectivity index (χ4n) is 2.81. The number of amides is 2. The first-order valence-electron chi connectivity index (χ1n) is 6.97. The topological polar surface area (TPSA) is 72.9 Å². The molecule has 3 atom stereocenters. The molecule has 0 heterocycles. The molecular formula is C14H23NO5. The van der Waals surface area contributed by atoms with Crippen molar-refractivity contribution in [3.8, 4) is 0 Å². The molecule has 114 valence electrons. The molecule has 0 aromatic heterocycles. The third-order valence-corrected chi connectivity index (χ3v) is 3.43. The predicted molar refractivity (Wildman–Crippen MR) is 71.8 cm³/mol. The Bertz CT molecular complexity index is 366. The first-order valence-corrected chi connectivity index (χ1v) is 6.97. The lowest BCUT2D eigenvalue weighted by atomic mass is 9.88. The van der Waals surface area contributed by atoms with Crippen LogP contribution in [0.25, 0.3) is 0 Å². The van der Waals surface area contributed by atoms with Crippen molar-refractivity contribution in [1.82, 2.24) is 4.90 Å². The molecule has 0 saturated heterocycles. The summed E-state index contributed by atoms with van der Waals surface area (Å²) >= 11 is 0. The van der Waals surface area contributed by atoms with Crippen LogP contribution in [0.15, 0.2) is 0 Å². The largest absolute Gasteiger partial charge is 0.458 e. The van der Waals surface area contributed by atoms with Crippen molar-refractivity contribution < 1.29 is 23.9 Å². The lowest BCUT2D eigenvalue weighted by Gasteiger charge is -2.41. The minimum Gasteiger partial charge on any atom is -0.458 e. The van der Waals surface area contributed by atoms with Crippen LogP contribution in [-0.2, 0) is 23.9 Å². The lowest BCUT2D eigenvalue weighted by molar-refractivity contribution is -0.173. The summed E-state index contributed by atoms with van der Waals surface area (Å²) in [4.78, 5) is 35.9. The van der Waals surface area contributed by atoms with E-state index in [1.54, 1.807) is 0 Å². The molecule has 0 unspecified atom stereocenters. The van der Waals surface area contributed by atoms with Crippen LogP contribution < -0.4 is 0 Å². The van der Waals surface area contributed by atoms with Gasteiger partial charge in [-0.1, -0.05) is 0 Å². The van der Waals surface area contributed by atoms with Gasteiger partial charge in [0.15, 0.2) is 0 Å². The Morgan fingerprint density at radius 1 is 1.10 bits per heavy atom. The van der Waals surface area contributed by atoms with Crippen LogP contribution >= 0.6 is 0 Å². The molecule has 2 amide bonds. The number of carbonyl (C=O) groups excluding carboxylic acids is 3. The van der Waals surface area contributed by atoms with Gasteiger partial charge in [-0.25, -0.2) is 0 Å². The number of ether oxygens (including phenoxy) is 2. The highest BCUT2D eigenvalue weighted by Gasteiger charge is 2.41. The average molecular weight is 285 g/mol. The van der Waals surface area contributed by atoms with Crippen molar-refractivity contribution in [2.45, 2.75) is 65.2 Å². The molecule has 1 aliphatic rings. The van der Waals surface area contributed by atoms with Crippen molar-refractivity contribution in [1.29, 1.82) is 0 Å². The molecule has 6 nitrogen and oxygen atoms in total. The van der Waals surface area contributed by atoms with Gasteiger partial charge in [0.25, 0.3) is 0 Å². The lowest BCUT2D eigenvalue weighted by Crippen LogP contribution is -2.56. The maximum absolute atomic E-state index is 11.7. The van der Waals surface area contributed by atoms with Gasteiger partial charge >= 0.3 is 5.97 Å². The van der Waals surface area contributed by atoms with E-state index in [9.17, 15) is 14.4 Å². The summed E-state index contributed by atoms with van der Waals surface area (Å²) in [6, 6.07) is -0.445. The second-order valence-corrected chi connectivity index (χ2v) is 4.97. The summed E-state index contributed by atoms with van der Waals surface area (Å²) in [6.07, 6.45) is 1.34. The summed E-state index contributed by atoms with van der Waals surface area (Å²) in [5.74, 6) is -1.10. The Hall–Kier alpha value is -1.43. The minimum absolute atomic E-state index is 0.274. The van der Waals surface area contributed by atoms with Gasteiger partial charge in [-0.15, -0.1) is 0 Å². The van der Waals surface area contributed by atoms with Crippen LogP contribution in [-0.4, -0.2) is 47.5 Å². The van der Waals surface area contributed by atoms with Crippen LogP contribution in [0.5, 0.6) is 0 Å². The molecule has 20 heavy (non-hydrogen) atoms. The van der Waals surface area contributed by atoms with E-state index in [-0.39, 0.29) is 17.9 Å².